The fourth-order valence-corrected chi connectivity index (χ4v) is 2.57. The standard InChI is InChI=1S/C17H20Cl2N2O.ClH/c1-17(2,12-13-6-8-14(18)9-7-13)20-10-11-22-16-5-3-4-15(19)21-16;/h3-9,20H,10-12H2,1-2H3;1H. The second-order valence-electron chi connectivity index (χ2n) is 5.93. The highest BCUT2D eigenvalue weighted by Crippen LogP contribution is 2.14. The molecule has 0 bridgehead atoms. The van der Waals surface area contributed by atoms with Gasteiger partial charge in [0, 0.05) is 17.5 Å². The van der Waals surface area contributed by atoms with E-state index in [1.54, 1.807) is 6.07 Å². The summed E-state index contributed by atoms with van der Waals surface area (Å²) in [5, 5.41) is 3.50. The van der Waals surface area contributed by atoms with Crippen molar-refractivity contribution in [3.05, 3.63) is 58.2 Å². The molecule has 3 nitrogen and oxygen atoms in total. The zero-order chi connectivity index (χ0) is 16.0. The van der Waals surface area contributed by atoms with Gasteiger partial charge < -0.3 is 22.5 Å². The molecule has 2 N–H and O–H groups in total. The Labute approximate surface area is 153 Å². The molecular formula is C17H21Cl3N2O. The number of halogens is 3. The van der Waals surface area contributed by atoms with E-state index in [0.717, 1.165) is 18.0 Å². The Balaban J connectivity index is 0.00000264. The summed E-state index contributed by atoms with van der Waals surface area (Å²) in [7, 11) is 0. The first-order valence-corrected chi connectivity index (χ1v) is 8.04. The predicted molar refractivity (Wildman–Crippen MR) is 90.8 cm³/mol. The summed E-state index contributed by atoms with van der Waals surface area (Å²) in [6.45, 7) is 5.89. The third-order valence-electron chi connectivity index (χ3n) is 3.33. The van der Waals surface area contributed by atoms with E-state index in [4.69, 9.17) is 27.9 Å². The van der Waals surface area contributed by atoms with Crippen molar-refractivity contribution in [1.82, 2.24) is 4.98 Å². The lowest BCUT2D eigenvalue weighted by atomic mass is 9.95. The molecule has 0 aliphatic carbocycles. The van der Waals surface area contributed by atoms with Gasteiger partial charge in [-0.05, 0) is 37.6 Å². The first-order valence-electron chi connectivity index (χ1n) is 7.29. The summed E-state index contributed by atoms with van der Waals surface area (Å²) in [6, 6.07) is 13.4. The van der Waals surface area contributed by atoms with Crippen molar-refractivity contribution < 1.29 is 22.5 Å². The van der Waals surface area contributed by atoms with Crippen LogP contribution < -0.4 is 22.5 Å². The van der Waals surface area contributed by atoms with Crippen LogP contribution in [0.15, 0.2) is 42.5 Å². The van der Waals surface area contributed by atoms with Gasteiger partial charge in [0.2, 0.25) is 5.88 Å². The summed E-state index contributed by atoms with van der Waals surface area (Å²) < 4.78 is 5.60. The molecule has 0 atom stereocenters. The molecular weight excluding hydrogens is 355 g/mol. The van der Waals surface area contributed by atoms with E-state index >= 15 is 0 Å². The lowest BCUT2D eigenvalue weighted by Gasteiger charge is -2.23. The third kappa shape index (κ3) is 7.40. The van der Waals surface area contributed by atoms with Gasteiger partial charge in [-0.25, -0.2) is 4.98 Å². The molecule has 23 heavy (non-hydrogen) atoms. The lowest BCUT2D eigenvalue weighted by molar-refractivity contribution is -0.720. The van der Waals surface area contributed by atoms with Crippen LogP contribution in [-0.4, -0.2) is 23.7 Å². The van der Waals surface area contributed by atoms with E-state index < -0.39 is 0 Å². The fraction of sp³-hybridized carbons (Fsp3) is 0.353. The number of nitrogens with two attached hydrogens (primary N) is 1. The number of hydrogen-bond acceptors (Lipinski definition) is 2. The maximum Gasteiger partial charge on any atom is 0.214 e. The van der Waals surface area contributed by atoms with Crippen LogP contribution in [0.3, 0.4) is 0 Å². The maximum atomic E-state index is 5.91. The summed E-state index contributed by atoms with van der Waals surface area (Å²) in [4.78, 5) is 4.10. The van der Waals surface area contributed by atoms with Crippen molar-refractivity contribution in [2.24, 2.45) is 0 Å². The molecule has 0 saturated heterocycles. The third-order valence-corrected chi connectivity index (χ3v) is 3.79. The Morgan fingerprint density at radius 1 is 1.09 bits per heavy atom. The Kier molecular flexibility index (Phi) is 8.13. The highest BCUT2D eigenvalue weighted by molar-refractivity contribution is 6.30. The molecule has 0 saturated carbocycles. The zero-order valence-corrected chi connectivity index (χ0v) is 15.5. The molecule has 0 aliphatic heterocycles. The SMILES string of the molecule is CC(C)(Cc1ccc(Cl)cc1)[NH2+]CCOc1cccc(Cl)n1.[Cl-]. The summed E-state index contributed by atoms with van der Waals surface area (Å²) in [5.41, 5.74) is 1.38. The molecule has 1 heterocycles. The molecule has 2 rings (SSSR count). The van der Waals surface area contributed by atoms with Gasteiger partial charge in [-0.2, -0.15) is 0 Å². The van der Waals surface area contributed by atoms with Crippen LogP contribution in [0.2, 0.25) is 10.2 Å². The van der Waals surface area contributed by atoms with Crippen LogP contribution in [0.25, 0.3) is 0 Å². The molecule has 6 heteroatoms. The lowest BCUT2D eigenvalue weighted by Crippen LogP contribution is -3.00. The normalized spacial score (nSPS) is 11.0. The highest BCUT2D eigenvalue weighted by Gasteiger charge is 2.21. The number of rotatable bonds is 7. The van der Waals surface area contributed by atoms with Gasteiger partial charge in [0.15, 0.2) is 0 Å². The molecule has 1 aromatic heterocycles. The van der Waals surface area contributed by atoms with Crippen molar-refractivity contribution in [3.8, 4) is 5.88 Å². The van der Waals surface area contributed by atoms with E-state index in [9.17, 15) is 0 Å². The number of aromatic nitrogens is 1. The summed E-state index contributed by atoms with van der Waals surface area (Å²) in [5.74, 6) is 0.566. The maximum absolute atomic E-state index is 5.91. The molecule has 0 radical (unpaired) electrons. The van der Waals surface area contributed by atoms with Crippen LogP contribution in [0.5, 0.6) is 5.88 Å². The van der Waals surface area contributed by atoms with Crippen LogP contribution in [-0.2, 0) is 6.42 Å². The van der Waals surface area contributed by atoms with E-state index in [0.29, 0.717) is 17.6 Å². The summed E-state index contributed by atoms with van der Waals surface area (Å²) in [6.07, 6.45) is 0.972. The van der Waals surface area contributed by atoms with Gasteiger partial charge in [0.05, 0.1) is 5.54 Å². The Bertz CT molecular complexity index is 603. The minimum absolute atomic E-state index is 0. The Hall–Kier alpha value is -1.000. The Morgan fingerprint density at radius 3 is 2.43 bits per heavy atom. The van der Waals surface area contributed by atoms with Crippen molar-refractivity contribution in [1.29, 1.82) is 0 Å². The van der Waals surface area contributed by atoms with Gasteiger partial charge in [0.1, 0.15) is 18.3 Å². The van der Waals surface area contributed by atoms with Crippen LogP contribution in [0.1, 0.15) is 19.4 Å². The second-order valence-corrected chi connectivity index (χ2v) is 6.76. The molecule has 0 fully saturated rings. The topological polar surface area (TPSA) is 38.7 Å². The van der Waals surface area contributed by atoms with Crippen molar-refractivity contribution in [2.75, 3.05) is 13.2 Å². The number of benzene rings is 1. The van der Waals surface area contributed by atoms with Gasteiger partial charge in [0.25, 0.3) is 0 Å². The average molecular weight is 376 g/mol. The number of quaternary nitrogens is 1. The number of nitrogens with zero attached hydrogens (tertiary/aromatic N) is 1. The van der Waals surface area contributed by atoms with Crippen LogP contribution in [0.4, 0.5) is 0 Å². The number of ether oxygens (including phenoxy) is 1. The predicted octanol–water partition coefficient (Wildman–Crippen LogP) is 0.356. The highest BCUT2D eigenvalue weighted by atomic mass is 35.5. The first kappa shape index (κ1) is 20.0. The van der Waals surface area contributed by atoms with Crippen LogP contribution >= 0.6 is 23.2 Å². The average Bonchev–Trinajstić information content (AvgIpc) is 2.46. The second kappa shape index (κ2) is 9.33. The van der Waals surface area contributed by atoms with Gasteiger partial charge in [-0.3, -0.25) is 0 Å². The zero-order valence-electron chi connectivity index (χ0n) is 13.2. The first-order chi connectivity index (χ1) is 10.4. The molecule has 1 aromatic carbocycles. The van der Waals surface area contributed by atoms with Gasteiger partial charge in [-0.15, -0.1) is 0 Å². The Morgan fingerprint density at radius 2 is 1.78 bits per heavy atom. The van der Waals surface area contributed by atoms with E-state index in [-0.39, 0.29) is 17.9 Å². The molecule has 0 aliphatic rings. The van der Waals surface area contributed by atoms with Crippen LogP contribution in [0, 0.1) is 0 Å². The fourth-order valence-electron chi connectivity index (χ4n) is 2.28. The van der Waals surface area contributed by atoms with Crippen molar-refractivity contribution in [3.63, 3.8) is 0 Å². The quantitative estimate of drug-likeness (QED) is 0.560. The van der Waals surface area contributed by atoms with Gasteiger partial charge >= 0.3 is 0 Å². The minimum Gasteiger partial charge on any atom is -1.00 e. The van der Waals surface area contributed by atoms with Crippen molar-refractivity contribution in [2.45, 2.75) is 25.8 Å². The molecule has 0 unspecified atom stereocenters. The van der Waals surface area contributed by atoms with Crippen molar-refractivity contribution >= 4 is 23.2 Å². The van der Waals surface area contributed by atoms with E-state index in [2.05, 4.69) is 36.3 Å². The molecule has 0 spiro atoms. The van der Waals surface area contributed by atoms with E-state index in [1.807, 2.05) is 24.3 Å². The largest absolute Gasteiger partial charge is 1.00 e. The van der Waals surface area contributed by atoms with E-state index in [1.165, 1.54) is 5.56 Å². The number of hydrogen-bond donors (Lipinski definition) is 1. The molecule has 126 valence electrons. The summed E-state index contributed by atoms with van der Waals surface area (Å²) >= 11 is 11.7. The van der Waals surface area contributed by atoms with Gasteiger partial charge in [-0.1, -0.05) is 41.4 Å². The molecule has 0 amide bonds. The monoisotopic (exact) mass is 374 g/mol. The smallest absolute Gasteiger partial charge is 0.214 e. The number of pyridine rings is 1. The minimum atomic E-state index is 0. The molecule has 2 aromatic rings.